The highest BCUT2D eigenvalue weighted by molar-refractivity contribution is 5.99. The summed E-state index contributed by atoms with van der Waals surface area (Å²) in [5, 5.41) is 8.52. The standard InChI is InChI=1S/C34H40N.C33H38N.C32H35FN.C32H36N/c1-23(2)31-21-29(25-10-8-7-9-11-25)22-32(24(31)3)33-30-13-12-27(20-28(30)16-19-35(33)6)26-14-17-34(4,5)18-15-26;1-22-18-28(25-10-8-7-9-11-25)21-31(24(22)3)32-30-13-12-27(20-29(30)19-23(2)34(32)6)26-14-16-33(4,5)17-15-26;1-21-17-30(33)29(24-9-7-6-8-10-24)20-28(21)31-27-12-11-25(19-26(27)18-22(2)34(31)5)23-13-15-32(3,4)16-14-23;1-22-11-12-27(24-9-7-6-8-10-24)21-30(22)31-29-14-13-26(20-28(29)19-23(2)33(31)5)25-15-17-32(3,4)18-16-25/h7-13,16,19-23,26H,14-15,17-18H2,1-6H3;7-13,18-21,26H,14-17H2,1-6H3;6-12,17-20,23H,13-16H2,1-5H3;6-14,19-21,25H,15-18H2,1-5H3/q4*+1/i16D,19D;19D;18D;19D. The van der Waals surface area contributed by atoms with Gasteiger partial charge in [0.25, 0.3) is 0 Å². The van der Waals surface area contributed by atoms with Crippen LogP contribution in [0.3, 0.4) is 0 Å². The maximum atomic E-state index is 15.1. The van der Waals surface area contributed by atoms with Crippen LogP contribution in [0.15, 0.2) is 279 Å². The van der Waals surface area contributed by atoms with Crippen molar-refractivity contribution in [1.29, 1.82) is 0 Å². The molecule has 0 amide bonds. The maximum Gasteiger partial charge on any atom is 0.220 e. The fourth-order valence-electron chi connectivity index (χ4n) is 22.7. The Balaban J connectivity index is 0.000000130. The summed E-state index contributed by atoms with van der Waals surface area (Å²) in [7, 11) is 8.18. The molecule has 0 unspecified atom stereocenters. The molecule has 0 spiro atoms. The molecule has 4 aromatic heterocycles. The zero-order chi connectivity index (χ0) is 100. The zero-order valence-corrected chi connectivity index (χ0v) is 85.5. The molecule has 136 heavy (non-hydrogen) atoms. The number of hydrogen-bond acceptors (Lipinski definition) is 0. The number of hydrogen-bond donors (Lipinski definition) is 0. The van der Waals surface area contributed by atoms with Gasteiger partial charge in [-0.15, -0.1) is 0 Å². The molecule has 4 aliphatic carbocycles. The van der Waals surface area contributed by atoms with Gasteiger partial charge in [0.15, 0.2) is 23.3 Å². The van der Waals surface area contributed by atoms with Crippen molar-refractivity contribution in [2.75, 3.05) is 0 Å². The van der Waals surface area contributed by atoms with E-state index in [0.29, 0.717) is 81.0 Å². The summed E-state index contributed by atoms with van der Waals surface area (Å²) >= 11 is 0. The predicted molar refractivity (Wildman–Crippen MR) is 576 cm³/mol. The van der Waals surface area contributed by atoms with Gasteiger partial charge in [0.2, 0.25) is 22.8 Å². The summed E-state index contributed by atoms with van der Waals surface area (Å²) in [4.78, 5) is 0. The number of aromatic nitrogens is 4. The Labute approximate surface area is 821 Å². The molecule has 4 saturated carbocycles. The molecule has 4 heterocycles. The fourth-order valence-corrected chi connectivity index (χ4v) is 22.7. The molecular weight excluding hydrogens is 1650 g/mol. The van der Waals surface area contributed by atoms with Gasteiger partial charge in [0.05, 0.1) is 49.3 Å². The van der Waals surface area contributed by atoms with Crippen molar-refractivity contribution < 1.29 is 29.5 Å². The Morgan fingerprint density at radius 1 is 0.294 bits per heavy atom. The van der Waals surface area contributed by atoms with E-state index in [1.165, 1.54) is 219 Å². The first-order chi connectivity index (χ1) is 67.1. The highest BCUT2D eigenvalue weighted by Crippen LogP contribution is 2.50. The van der Waals surface area contributed by atoms with Gasteiger partial charge in [-0.2, -0.15) is 13.7 Å². The number of pyridine rings is 4. The van der Waals surface area contributed by atoms with Gasteiger partial charge in [0, 0.05) is 50.5 Å². The van der Waals surface area contributed by atoms with E-state index < -0.39 is 0 Å². The molecule has 696 valence electrons. The van der Waals surface area contributed by atoms with Crippen molar-refractivity contribution in [3.8, 4) is 89.5 Å². The molecule has 0 atom stereocenters. The SMILES string of the molecule is [2H]c1c(C)[n+](C)c(-c2cc(-c3ccccc3)c(F)cc2C)c2ccc(C3CCC(C)(C)CC3)cc12.[2H]c1c(C)[n+](C)c(-c2cc(-c3ccccc3)cc(C)c2C)c2ccc(C3CCC(C)(C)CC3)cc12.[2H]c1c(C)[n+](C)c(-c2cc(-c3ccccc3)ccc2C)c2ccc(C3CCC(C)(C)CC3)cc12.[2H]c1c([2H])[n+](C)c(-c2cc(-c3ccccc3)cc(C(C)C)c2C)c2ccc(C3CCC(C)(C)CC3)cc12. The molecule has 12 aromatic carbocycles. The van der Waals surface area contributed by atoms with Gasteiger partial charge in [-0.1, -0.05) is 263 Å². The van der Waals surface area contributed by atoms with Crippen LogP contribution in [-0.4, -0.2) is 0 Å². The minimum Gasteiger partial charge on any atom is -0.206 e. The van der Waals surface area contributed by atoms with Crippen molar-refractivity contribution in [3.63, 3.8) is 0 Å². The maximum absolute atomic E-state index is 15.1. The summed E-state index contributed by atoms with van der Waals surface area (Å²) in [5.74, 6) is 2.49. The fraction of sp³-hybridized carbons (Fsp3) is 0.359. The van der Waals surface area contributed by atoms with Crippen LogP contribution in [0.25, 0.3) is 133 Å². The third-order valence-electron chi connectivity index (χ3n) is 32.3. The van der Waals surface area contributed by atoms with Crippen LogP contribution in [0.4, 0.5) is 4.39 Å². The number of benzene rings is 12. The molecule has 20 rings (SSSR count). The number of fused-ring (bicyclic) bond motifs is 4. The lowest BCUT2D eigenvalue weighted by molar-refractivity contribution is -0.665. The van der Waals surface area contributed by atoms with Gasteiger partial charge in [0.1, 0.15) is 35.4 Å². The third kappa shape index (κ3) is 20.7. The summed E-state index contributed by atoms with van der Waals surface area (Å²) in [6.45, 7) is 40.6. The van der Waals surface area contributed by atoms with E-state index in [9.17, 15) is 0 Å². The molecule has 0 aliphatic heterocycles. The number of halogens is 1. The average molecular weight is 1800 g/mol. The monoisotopic (exact) mass is 1800 g/mol. The normalized spacial score (nSPS) is 16.7. The summed E-state index contributed by atoms with van der Waals surface area (Å²) in [6.07, 6.45) is 20.1. The topological polar surface area (TPSA) is 15.5 Å². The molecule has 5 heteroatoms. The van der Waals surface area contributed by atoms with Crippen molar-refractivity contribution >= 4 is 43.1 Å². The van der Waals surface area contributed by atoms with Crippen LogP contribution in [0, 0.1) is 82.9 Å². The second-order valence-electron chi connectivity index (χ2n) is 44.5. The Bertz CT molecular complexity index is 7400. The van der Waals surface area contributed by atoms with E-state index in [2.05, 4.69) is 345 Å². The van der Waals surface area contributed by atoms with Crippen LogP contribution in [0.2, 0.25) is 0 Å². The molecule has 4 fully saturated rings. The van der Waals surface area contributed by atoms with E-state index >= 15 is 4.39 Å². The smallest absolute Gasteiger partial charge is 0.206 e. The van der Waals surface area contributed by atoms with Crippen LogP contribution in [-0.2, 0) is 28.2 Å². The second kappa shape index (κ2) is 39.7. The summed E-state index contributed by atoms with van der Waals surface area (Å²) < 4.78 is 68.2. The molecule has 4 aliphatic rings. The van der Waals surface area contributed by atoms with Crippen molar-refractivity contribution in [3.05, 3.63) is 358 Å². The number of nitrogens with zero attached hydrogens (tertiary/aromatic N) is 4. The van der Waals surface area contributed by atoms with Crippen LogP contribution in [0.1, 0.15) is 281 Å². The zero-order valence-electron chi connectivity index (χ0n) is 90.5. The lowest BCUT2D eigenvalue weighted by Crippen LogP contribution is -2.35. The third-order valence-corrected chi connectivity index (χ3v) is 32.3. The largest absolute Gasteiger partial charge is 0.220 e. The van der Waals surface area contributed by atoms with Crippen LogP contribution < -0.4 is 18.3 Å². The van der Waals surface area contributed by atoms with Crippen LogP contribution >= 0.6 is 0 Å². The second-order valence-corrected chi connectivity index (χ2v) is 44.5. The van der Waals surface area contributed by atoms with E-state index in [1.807, 2.05) is 68.9 Å². The van der Waals surface area contributed by atoms with Crippen molar-refractivity contribution in [2.45, 2.75) is 257 Å². The number of aryl methyl sites for hydroxylation is 3. The minimum absolute atomic E-state index is 0.208. The average Bonchev–Trinajstić information content (AvgIpc) is 1.41. The van der Waals surface area contributed by atoms with Gasteiger partial charge in [-0.25, -0.2) is 8.96 Å². The molecule has 0 radical (unpaired) electrons. The molecule has 0 bridgehead atoms. The highest BCUT2D eigenvalue weighted by atomic mass is 19.1. The molecule has 0 saturated heterocycles. The molecular formula is C131H149FN4+4. The molecule has 0 N–H and O–H groups in total. The molecule has 16 aromatic rings. The van der Waals surface area contributed by atoms with Crippen molar-refractivity contribution in [1.82, 2.24) is 0 Å². The van der Waals surface area contributed by atoms with Gasteiger partial charge >= 0.3 is 0 Å². The van der Waals surface area contributed by atoms with Gasteiger partial charge in [-0.05, 0) is 359 Å². The lowest BCUT2D eigenvalue weighted by Gasteiger charge is -2.34. The Hall–Kier alpha value is -11.8. The Morgan fingerprint density at radius 3 is 1.00 bits per heavy atom. The Morgan fingerprint density at radius 2 is 0.618 bits per heavy atom. The van der Waals surface area contributed by atoms with Crippen LogP contribution in [0.5, 0.6) is 0 Å². The first-order valence-electron chi connectivity index (χ1n) is 53.3. The number of rotatable bonds is 13. The molecule has 4 nitrogen and oxygen atoms in total. The first kappa shape index (κ1) is 89.4. The Kier molecular flexibility index (Phi) is 26.1. The van der Waals surface area contributed by atoms with Gasteiger partial charge < -0.3 is 0 Å². The van der Waals surface area contributed by atoms with E-state index in [4.69, 9.17) is 6.85 Å². The minimum atomic E-state index is -0.208. The van der Waals surface area contributed by atoms with Gasteiger partial charge in [-0.3, -0.25) is 0 Å². The van der Waals surface area contributed by atoms with E-state index in [0.717, 1.165) is 83.0 Å². The summed E-state index contributed by atoms with van der Waals surface area (Å²) in [6, 6.07) is 90.7. The quantitative estimate of drug-likeness (QED) is 0.102. The summed E-state index contributed by atoms with van der Waals surface area (Å²) in [5.41, 5.74) is 35.5. The van der Waals surface area contributed by atoms with E-state index in [-0.39, 0.29) is 12.0 Å². The predicted octanol–water partition coefficient (Wildman–Crippen LogP) is 34.5. The first-order valence-corrected chi connectivity index (χ1v) is 50.8. The lowest BCUT2D eigenvalue weighted by atomic mass is 9.71. The highest BCUT2D eigenvalue weighted by Gasteiger charge is 2.35. The van der Waals surface area contributed by atoms with E-state index in [1.54, 1.807) is 6.07 Å². The van der Waals surface area contributed by atoms with Crippen molar-refractivity contribution in [2.24, 2.45) is 49.9 Å².